The molecule has 32 heavy (non-hydrogen) atoms. The molecule has 0 saturated carbocycles. The van der Waals surface area contributed by atoms with Gasteiger partial charge in [-0.25, -0.2) is 9.37 Å². The van der Waals surface area contributed by atoms with Crippen LogP contribution in [-0.4, -0.2) is 15.5 Å². The average molecular weight is 444 g/mol. The zero-order chi connectivity index (χ0) is 22.2. The molecule has 1 amide bonds. The number of fused-ring (bicyclic) bond motifs is 2. The van der Waals surface area contributed by atoms with Crippen LogP contribution in [0.3, 0.4) is 0 Å². The first kappa shape index (κ1) is 20.1. The molecular weight excluding hydrogens is 425 g/mol. The number of aryl methyl sites for hydroxylation is 1. The number of thiophene rings is 1. The van der Waals surface area contributed by atoms with E-state index in [0.29, 0.717) is 15.9 Å². The Kier molecular flexibility index (Phi) is 5.03. The maximum atomic E-state index is 13.4. The Morgan fingerprint density at radius 3 is 2.62 bits per heavy atom. The summed E-state index contributed by atoms with van der Waals surface area (Å²) in [6.07, 6.45) is 1.40. The molecule has 5 rings (SSSR count). The lowest BCUT2D eigenvalue weighted by atomic mass is 10.0. The van der Waals surface area contributed by atoms with Crippen molar-refractivity contribution in [1.82, 2.24) is 9.55 Å². The van der Waals surface area contributed by atoms with E-state index >= 15 is 0 Å². The summed E-state index contributed by atoms with van der Waals surface area (Å²) in [5.41, 5.74) is 1.86. The minimum Gasteiger partial charge on any atom is -0.324 e. The number of hydrogen-bond donors (Lipinski definition) is 1. The lowest BCUT2D eigenvalue weighted by Gasteiger charge is -2.10. The Hall–Kier alpha value is -3.84. The molecule has 2 heterocycles. The van der Waals surface area contributed by atoms with Crippen LogP contribution in [0.25, 0.3) is 32.1 Å². The average Bonchev–Trinajstić information content (AvgIpc) is 3.13. The van der Waals surface area contributed by atoms with Gasteiger partial charge in [0.2, 0.25) is 5.91 Å². The molecular formula is C25H18FN3O2S. The zero-order valence-electron chi connectivity index (χ0n) is 17.1. The summed E-state index contributed by atoms with van der Waals surface area (Å²) in [6, 6.07) is 19.5. The van der Waals surface area contributed by atoms with Gasteiger partial charge in [-0.2, -0.15) is 0 Å². The number of aromatic nitrogens is 2. The van der Waals surface area contributed by atoms with Gasteiger partial charge in [0.1, 0.15) is 17.2 Å². The molecule has 1 N–H and O–H groups in total. The van der Waals surface area contributed by atoms with E-state index in [1.54, 1.807) is 12.1 Å². The van der Waals surface area contributed by atoms with Crippen molar-refractivity contribution in [1.29, 1.82) is 0 Å². The second kappa shape index (κ2) is 8.01. The van der Waals surface area contributed by atoms with Crippen molar-refractivity contribution in [2.45, 2.75) is 13.5 Å². The SMILES string of the molecule is Cc1sc2ncn(CC(=O)Nc3cccc4ccccc34)c(=O)c2c1-c1ccc(F)cc1. The number of nitrogens with one attached hydrogen (secondary N) is 1. The van der Waals surface area contributed by atoms with Crippen molar-refractivity contribution in [3.63, 3.8) is 0 Å². The number of carbonyl (C=O) groups excluding carboxylic acids is 1. The van der Waals surface area contributed by atoms with E-state index in [1.165, 1.54) is 34.4 Å². The number of anilines is 1. The first-order valence-corrected chi connectivity index (χ1v) is 10.8. The lowest BCUT2D eigenvalue weighted by molar-refractivity contribution is -0.116. The molecule has 5 nitrogen and oxygen atoms in total. The predicted molar refractivity (Wildman–Crippen MR) is 127 cm³/mol. The van der Waals surface area contributed by atoms with E-state index in [1.807, 2.05) is 49.4 Å². The van der Waals surface area contributed by atoms with Crippen molar-refractivity contribution in [3.8, 4) is 11.1 Å². The van der Waals surface area contributed by atoms with Crippen LogP contribution in [-0.2, 0) is 11.3 Å². The number of benzene rings is 3. The van der Waals surface area contributed by atoms with E-state index in [9.17, 15) is 14.0 Å². The highest BCUT2D eigenvalue weighted by molar-refractivity contribution is 7.19. The molecule has 0 saturated heterocycles. The number of rotatable bonds is 4. The summed E-state index contributed by atoms with van der Waals surface area (Å²) in [4.78, 5) is 32.0. The Bertz CT molecular complexity index is 1530. The van der Waals surface area contributed by atoms with Gasteiger partial charge < -0.3 is 5.32 Å². The van der Waals surface area contributed by atoms with Crippen LogP contribution in [0.4, 0.5) is 10.1 Å². The quantitative estimate of drug-likeness (QED) is 0.406. The van der Waals surface area contributed by atoms with Crippen molar-refractivity contribution in [3.05, 3.63) is 94.1 Å². The monoisotopic (exact) mass is 443 g/mol. The summed E-state index contributed by atoms with van der Waals surface area (Å²) in [5.74, 6) is -0.661. The molecule has 0 radical (unpaired) electrons. The van der Waals surface area contributed by atoms with Gasteiger partial charge in [-0.15, -0.1) is 11.3 Å². The van der Waals surface area contributed by atoms with Crippen LogP contribution in [0.2, 0.25) is 0 Å². The second-order valence-corrected chi connectivity index (χ2v) is 8.68. The minimum atomic E-state index is -0.341. The first-order chi connectivity index (χ1) is 15.5. The van der Waals surface area contributed by atoms with Crippen LogP contribution in [0.15, 0.2) is 77.9 Å². The fourth-order valence-corrected chi connectivity index (χ4v) is 4.90. The van der Waals surface area contributed by atoms with E-state index in [0.717, 1.165) is 26.8 Å². The van der Waals surface area contributed by atoms with Gasteiger partial charge in [-0.1, -0.05) is 48.5 Å². The second-order valence-electron chi connectivity index (χ2n) is 7.47. The van der Waals surface area contributed by atoms with Crippen LogP contribution < -0.4 is 10.9 Å². The topological polar surface area (TPSA) is 64.0 Å². The highest BCUT2D eigenvalue weighted by atomic mass is 32.1. The first-order valence-electron chi connectivity index (χ1n) is 10.0. The standard InChI is InChI=1S/C25H18FN3O2S/c1-15-22(17-9-11-18(26)12-10-17)23-24(32-15)27-14-29(25(23)31)13-21(30)28-20-8-4-6-16-5-2-3-7-19(16)20/h2-12,14H,13H2,1H3,(H,28,30). The third kappa shape index (κ3) is 3.56. The Morgan fingerprint density at radius 2 is 1.81 bits per heavy atom. The molecule has 0 aliphatic rings. The molecule has 0 aliphatic heterocycles. The van der Waals surface area contributed by atoms with Crippen LogP contribution >= 0.6 is 11.3 Å². The van der Waals surface area contributed by atoms with Gasteiger partial charge >= 0.3 is 0 Å². The highest BCUT2D eigenvalue weighted by Gasteiger charge is 2.18. The van der Waals surface area contributed by atoms with Gasteiger partial charge in [0.05, 0.1) is 11.7 Å². The van der Waals surface area contributed by atoms with Crippen molar-refractivity contribution in [2.75, 3.05) is 5.32 Å². The van der Waals surface area contributed by atoms with E-state index < -0.39 is 0 Å². The molecule has 0 fully saturated rings. The number of halogens is 1. The Balaban J connectivity index is 1.50. The summed E-state index contributed by atoms with van der Waals surface area (Å²) >= 11 is 1.40. The summed E-state index contributed by atoms with van der Waals surface area (Å²) in [7, 11) is 0. The van der Waals surface area contributed by atoms with Crippen molar-refractivity contribution < 1.29 is 9.18 Å². The fourth-order valence-electron chi connectivity index (χ4n) is 3.89. The third-order valence-corrected chi connectivity index (χ3v) is 6.38. The largest absolute Gasteiger partial charge is 0.324 e. The molecule has 0 atom stereocenters. The molecule has 7 heteroatoms. The molecule has 3 aromatic carbocycles. The number of hydrogen-bond acceptors (Lipinski definition) is 4. The summed E-state index contributed by atoms with van der Waals surface area (Å²) in [5, 5.41) is 5.29. The maximum absolute atomic E-state index is 13.4. The van der Waals surface area contributed by atoms with Gasteiger partial charge in [0, 0.05) is 21.5 Å². The number of amides is 1. The van der Waals surface area contributed by atoms with Crippen molar-refractivity contribution >= 4 is 43.9 Å². The number of nitrogens with zero attached hydrogens (tertiary/aromatic N) is 2. The zero-order valence-corrected chi connectivity index (χ0v) is 17.9. The Morgan fingerprint density at radius 1 is 1.06 bits per heavy atom. The minimum absolute atomic E-state index is 0.164. The van der Waals surface area contributed by atoms with Crippen LogP contribution in [0.1, 0.15) is 4.88 Å². The van der Waals surface area contributed by atoms with Gasteiger partial charge in [0.25, 0.3) is 5.56 Å². The fraction of sp³-hybridized carbons (Fsp3) is 0.0800. The molecule has 0 unspecified atom stereocenters. The molecule has 0 bridgehead atoms. The lowest BCUT2D eigenvalue weighted by Crippen LogP contribution is -2.27. The third-order valence-electron chi connectivity index (χ3n) is 5.37. The number of carbonyl (C=O) groups is 1. The van der Waals surface area contributed by atoms with Crippen LogP contribution in [0, 0.1) is 12.7 Å². The highest BCUT2D eigenvalue weighted by Crippen LogP contribution is 2.35. The maximum Gasteiger partial charge on any atom is 0.263 e. The van der Waals surface area contributed by atoms with Crippen molar-refractivity contribution in [2.24, 2.45) is 0 Å². The molecule has 0 spiro atoms. The van der Waals surface area contributed by atoms with Gasteiger partial charge in [0.15, 0.2) is 0 Å². The smallest absolute Gasteiger partial charge is 0.263 e. The van der Waals surface area contributed by atoms with E-state index in [-0.39, 0.29) is 23.8 Å². The van der Waals surface area contributed by atoms with E-state index in [2.05, 4.69) is 10.3 Å². The summed E-state index contributed by atoms with van der Waals surface area (Å²) < 4.78 is 14.7. The molecule has 5 aromatic rings. The molecule has 158 valence electrons. The molecule has 0 aliphatic carbocycles. The molecule has 2 aromatic heterocycles. The normalized spacial score (nSPS) is 11.2. The van der Waals surface area contributed by atoms with E-state index in [4.69, 9.17) is 0 Å². The van der Waals surface area contributed by atoms with Gasteiger partial charge in [-0.05, 0) is 36.1 Å². The van der Waals surface area contributed by atoms with Gasteiger partial charge in [-0.3, -0.25) is 14.2 Å². The Labute approximate surface area is 186 Å². The summed E-state index contributed by atoms with van der Waals surface area (Å²) in [6.45, 7) is 1.74. The predicted octanol–water partition coefficient (Wildman–Crippen LogP) is 5.36. The van der Waals surface area contributed by atoms with Crippen LogP contribution in [0.5, 0.6) is 0 Å².